The van der Waals surface area contributed by atoms with Crippen LogP contribution in [0.5, 0.6) is 0 Å². The van der Waals surface area contributed by atoms with E-state index in [1.165, 1.54) is 10.9 Å². The molecule has 0 aliphatic rings. The number of amides is 1. The van der Waals surface area contributed by atoms with Crippen LogP contribution in [0.4, 0.5) is 0 Å². The zero-order valence-electron chi connectivity index (χ0n) is 14.3. The number of hydrogen-bond acceptors (Lipinski definition) is 1. The van der Waals surface area contributed by atoms with Gasteiger partial charge >= 0.3 is 0 Å². The van der Waals surface area contributed by atoms with Gasteiger partial charge in [-0.15, -0.1) is 0 Å². The molecule has 1 amide bonds. The SMILES string of the molecule is C[NH+](CC(=O)NCCc1c[nH]c2ccccc12)Cc1cccc(Cl)c1. The summed E-state index contributed by atoms with van der Waals surface area (Å²) < 4.78 is 0. The van der Waals surface area contributed by atoms with Crippen molar-refractivity contribution in [1.82, 2.24) is 10.3 Å². The first-order valence-corrected chi connectivity index (χ1v) is 8.87. The molecule has 5 heteroatoms. The van der Waals surface area contributed by atoms with Gasteiger partial charge < -0.3 is 15.2 Å². The van der Waals surface area contributed by atoms with Crippen LogP contribution < -0.4 is 10.2 Å². The number of halogens is 1. The lowest BCUT2D eigenvalue weighted by atomic mass is 10.1. The standard InChI is InChI=1S/C20H22ClN3O/c1-24(13-15-5-4-6-17(21)11-15)14-20(25)22-10-9-16-12-23-19-8-3-2-7-18(16)19/h2-8,11-12,23H,9-10,13-14H2,1H3,(H,22,25)/p+1. The van der Waals surface area contributed by atoms with Gasteiger partial charge in [-0.25, -0.2) is 0 Å². The zero-order valence-corrected chi connectivity index (χ0v) is 15.1. The minimum Gasteiger partial charge on any atom is -0.361 e. The fourth-order valence-electron chi connectivity index (χ4n) is 3.07. The van der Waals surface area contributed by atoms with E-state index in [9.17, 15) is 4.79 Å². The number of quaternary nitrogens is 1. The fraction of sp³-hybridized carbons (Fsp3) is 0.250. The first-order valence-electron chi connectivity index (χ1n) is 8.49. The fourth-order valence-corrected chi connectivity index (χ4v) is 3.28. The van der Waals surface area contributed by atoms with E-state index in [1.54, 1.807) is 0 Å². The third kappa shape index (κ3) is 4.84. The highest BCUT2D eigenvalue weighted by Gasteiger charge is 2.11. The molecule has 0 bridgehead atoms. The first kappa shape index (κ1) is 17.5. The molecular formula is C20H23ClN3O+. The van der Waals surface area contributed by atoms with Crippen molar-refractivity contribution in [3.63, 3.8) is 0 Å². The average Bonchev–Trinajstić information content (AvgIpc) is 2.98. The van der Waals surface area contributed by atoms with E-state index in [0.717, 1.165) is 34.0 Å². The van der Waals surface area contributed by atoms with E-state index in [2.05, 4.69) is 22.4 Å². The van der Waals surface area contributed by atoms with Crippen molar-refractivity contribution in [2.45, 2.75) is 13.0 Å². The van der Waals surface area contributed by atoms with Crippen molar-refractivity contribution < 1.29 is 9.69 Å². The van der Waals surface area contributed by atoms with Gasteiger partial charge in [-0.2, -0.15) is 0 Å². The van der Waals surface area contributed by atoms with E-state index in [-0.39, 0.29) is 5.91 Å². The number of carbonyl (C=O) groups is 1. The Balaban J connectivity index is 1.45. The number of benzene rings is 2. The second-order valence-corrected chi connectivity index (χ2v) is 6.84. The summed E-state index contributed by atoms with van der Waals surface area (Å²) in [5.74, 6) is 0.0689. The molecule has 0 saturated heterocycles. The second-order valence-electron chi connectivity index (χ2n) is 6.40. The molecule has 0 radical (unpaired) electrons. The van der Waals surface area contributed by atoms with Crippen LogP contribution in [-0.2, 0) is 17.8 Å². The van der Waals surface area contributed by atoms with Crippen LogP contribution in [0.1, 0.15) is 11.1 Å². The summed E-state index contributed by atoms with van der Waals surface area (Å²) in [6, 6.07) is 16.0. The largest absolute Gasteiger partial charge is 0.361 e. The molecule has 25 heavy (non-hydrogen) atoms. The van der Waals surface area contributed by atoms with Crippen LogP contribution in [0.2, 0.25) is 5.02 Å². The molecule has 1 atom stereocenters. The quantitative estimate of drug-likeness (QED) is 0.597. The average molecular weight is 357 g/mol. The molecule has 3 rings (SSSR count). The van der Waals surface area contributed by atoms with E-state index >= 15 is 0 Å². The Morgan fingerprint density at radius 2 is 2.04 bits per heavy atom. The molecule has 1 unspecified atom stereocenters. The van der Waals surface area contributed by atoms with Crippen molar-refractivity contribution in [3.05, 3.63) is 70.9 Å². The minimum absolute atomic E-state index is 0.0689. The van der Waals surface area contributed by atoms with E-state index in [4.69, 9.17) is 11.6 Å². The van der Waals surface area contributed by atoms with Crippen molar-refractivity contribution in [2.24, 2.45) is 0 Å². The summed E-state index contributed by atoms with van der Waals surface area (Å²) in [5.41, 5.74) is 3.50. The predicted molar refractivity (Wildman–Crippen MR) is 102 cm³/mol. The number of aromatic nitrogens is 1. The molecule has 3 aromatic rings. The van der Waals surface area contributed by atoms with Gasteiger partial charge in [0.25, 0.3) is 5.91 Å². The zero-order chi connectivity index (χ0) is 17.6. The molecule has 4 nitrogen and oxygen atoms in total. The van der Waals surface area contributed by atoms with Gasteiger partial charge in [0.1, 0.15) is 6.54 Å². The number of carbonyl (C=O) groups excluding carboxylic acids is 1. The Morgan fingerprint density at radius 3 is 2.88 bits per heavy atom. The van der Waals surface area contributed by atoms with Crippen molar-refractivity contribution in [2.75, 3.05) is 20.1 Å². The smallest absolute Gasteiger partial charge is 0.275 e. The van der Waals surface area contributed by atoms with Crippen LogP contribution in [0, 0.1) is 0 Å². The maximum atomic E-state index is 12.1. The maximum Gasteiger partial charge on any atom is 0.275 e. The third-order valence-corrected chi connectivity index (χ3v) is 4.48. The Hall–Kier alpha value is -2.30. The van der Waals surface area contributed by atoms with Crippen LogP contribution in [0.25, 0.3) is 10.9 Å². The number of para-hydroxylation sites is 1. The highest BCUT2D eigenvalue weighted by molar-refractivity contribution is 6.30. The maximum absolute atomic E-state index is 12.1. The minimum atomic E-state index is 0.0689. The van der Waals surface area contributed by atoms with Crippen LogP contribution in [0.15, 0.2) is 54.7 Å². The van der Waals surface area contributed by atoms with Gasteiger partial charge in [0.15, 0.2) is 6.54 Å². The van der Waals surface area contributed by atoms with Gasteiger partial charge in [0.05, 0.1) is 7.05 Å². The van der Waals surface area contributed by atoms with Crippen molar-refractivity contribution >= 4 is 28.4 Å². The second kappa shape index (κ2) is 8.19. The lowest BCUT2D eigenvalue weighted by molar-refractivity contribution is -0.885. The molecule has 0 aliphatic carbocycles. The number of H-pyrrole nitrogens is 1. The molecule has 3 N–H and O–H groups in total. The van der Waals surface area contributed by atoms with Crippen LogP contribution in [-0.4, -0.2) is 31.0 Å². The van der Waals surface area contributed by atoms with Crippen molar-refractivity contribution in [1.29, 1.82) is 0 Å². The molecule has 0 fully saturated rings. The summed E-state index contributed by atoms with van der Waals surface area (Å²) in [7, 11) is 2.01. The molecule has 0 saturated carbocycles. The Kier molecular flexibility index (Phi) is 5.74. The van der Waals surface area contributed by atoms with Crippen LogP contribution >= 0.6 is 11.6 Å². The Bertz CT molecular complexity index is 859. The molecule has 0 aliphatic heterocycles. The highest BCUT2D eigenvalue weighted by atomic mass is 35.5. The van der Waals surface area contributed by atoms with E-state index in [1.807, 2.05) is 49.6 Å². The summed E-state index contributed by atoms with van der Waals surface area (Å²) in [5, 5.41) is 4.97. The molecule has 2 aromatic carbocycles. The molecule has 130 valence electrons. The van der Waals surface area contributed by atoms with E-state index in [0.29, 0.717) is 13.1 Å². The number of aromatic amines is 1. The topological polar surface area (TPSA) is 49.3 Å². The normalized spacial score (nSPS) is 12.2. The van der Waals surface area contributed by atoms with Gasteiger partial charge in [-0.1, -0.05) is 41.9 Å². The number of rotatable bonds is 7. The number of nitrogens with one attached hydrogen (secondary N) is 3. The summed E-state index contributed by atoms with van der Waals surface area (Å²) in [4.78, 5) is 16.5. The summed E-state index contributed by atoms with van der Waals surface area (Å²) in [6.45, 7) is 1.86. The highest BCUT2D eigenvalue weighted by Crippen LogP contribution is 2.17. The summed E-state index contributed by atoms with van der Waals surface area (Å²) in [6.07, 6.45) is 2.84. The Morgan fingerprint density at radius 1 is 1.20 bits per heavy atom. The number of fused-ring (bicyclic) bond motifs is 1. The van der Waals surface area contributed by atoms with Gasteiger partial charge in [-0.05, 0) is 30.2 Å². The van der Waals surface area contributed by atoms with Gasteiger partial charge in [-0.3, -0.25) is 4.79 Å². The van der Waals surface area contributed by atoms with E-state index < -0.39 is 0 Å². The van der Waals surface area contributed by atoms with Gasteiger partial charge in [0, 0.05) is 34.2 Å². The summed E-state index contributed by atoms with van der Waals surface area (Å²) >= 11 is 6.00. The van der Waals surface area contributed by atoms with Crippen molar-refractivity contribution in [3.8, 4) is 0 Å². The monoisotopic (exact) mass is 356 g/mol. The third-order valence-electron chi connectivity index (χ3n) is 4.25. The number of hydrogen-bond donors (Lipinski definition) is 3. The molecular weight excluding hydrogens is 334 g/mol. The van der Waals surface area contributed by atoms with Crippen LogP contribution in [0.3, 0.4) is 0 Å². The lowest BCUT2D eigenvalue weighted by Gasteiger charge is -2.14. The lowest BCUT2D eigenvalue weighted by Crippen LogP contribution is -3.08. The molecule has 1 aromatic heterocycles. The molecule has 0 spiro atoms. The Labute approximate surface area is 152 Å². The molecule has 1 heterocycles. The number of likely N-dealkylation sites (N-methyl/N-ethyl adjacent to an activating group) is 1. The first-order chi connectivity index (χ1) is 12.1. The predicted octanol–water partition coefficient (Wildman–Crippen LogP) is 2.19. The van der Waals surface area contributed by atoms with Gasteiger partial charge in [0.2, 0.25) is 0 Å².